The van der Waals surface area contributed by atoms with Crippen molar-refractivity contribution in [2.24, 2.45) is 5.10 Å². The fourth-order valence-electron chi connectivity index (χ4n) is 2.91. The number of hydrogen-bond donors (Lipinski definition) is 2. The summed E-state index contributed by atoms with van der Waals surface area (Å²) in [5.41, 5.74) is 5.99. The highest BCUT2D eigenvalue weighted by Gasteiger charge is 2.10. The van der Waals surface area contributed by atoms with Gasteiger partial charge in [-0.05, 0) is 29.3 Å². The fraction of sp³-hybridized carbons (Fsp3) is 0.0435. The van der Waals surface area contributed by atoms with E-state index in [9.17, 15) is 4.79 Å². The highest BCUT2D eigenvalue weighted by atomic mass is 16.5. The quantitative estimate of drug-likeness (QED) is 0.388. The Morgan fingerprint density at radius 3 is 2.71 bits per heavy atom. The predicted molar refractivity (Wildman–Crippen MR) is 111 cm³/mol. The number of nitrogens with zero attached hydrogens (tertiary/aromatic N) is 1. The Morgan fingerprint density at radius 1 is 1.00 bits per heavy atom. The van der Waals surface area contributed by atoms with Crippen molar-refractivity contribution >= 4 is 23.0 Å². The summed E-state index contributed by atoms with van der Waals surface area (Å²) in [7, 11) is 0. The molecule has 0 bridgehead atoms. The molecule has 5 heteroatoms. The lowest BCUT2D eigenvalue weighted by atomic mass is 10.2. The maximum Gasteiger partial charge on any atom is 0.273 e. The van der Waals surface area contributed by atoms with Crippen LogP contribution in [0.1, 0.15) is 21.5 Å². The third kappa shape index (κ3) is 4.10. The molecule has 0 saturated carbocycles. The zero-order chi connectivity index (χ0) is 19.2. The third-order valence-electron chi connectivity index (χ3n) is 4.32. The highest BCUT2D eigenvalue weighted by Crippen LogP contribution is 2.17. The lowest BCUT2D eigenvalue weighted by Gasteiger charge is -2.06. The van der Waals surface area contributed by atoms with E-state index in [0.29, 0.717) is 12.2 Å². The number of H-pyrrole nitrogens is 1. The minimum absolute atomic E-state index is 0.259. The van der Waals surface area contributed by atoms with Gasteiger partial charge in [-0.3, -0.25) is 4.79 Å². The summed E-state index contributed by atoms with van der Waals surface area (Å²) in [6, 6.07) is 25.2. The van der Waals surface area contributed by atoms with Gasteiger partial charge in [0.2, 0.25) is 0 Å². The Hall–Kier alpha value is -3.86. The molecular weight excluding hydrogens is 350 g/mol. The number of carbonyl (C=O) groups is 1. The number of rotatable bonds is 6. The predicted octanol–water partition coefficient (Wildman–Crippen LogP) is 4.51. The van der Waals surface area contributed by atoms with Crippen LogP contribution in [0.5, 0.6) is 5.75 Å². The Balaban J connectivity index is 1.38. The van der Waals surface area contributed by atoms with E-state index in [1.54, 1.807) is 12.4 Å². The van der Waals surface area contributed by atoms with Gasteiger partial charge in [-0.25, -0.2) is 5.43 Å². The Morgan fingerprint density at radius 2 is 1.82 bits per heavy atom. The van der Waals surface area contributed by atoms with Crippen LogP contribution in [0.15, 0.2) is 90.2 Å². The Kier molecular flexibility index (Phi) is 5.15. The molecule has 2 N–H and O–H groups in total. The van der Waals surface area contributed by atoms with Crippen LogP contribution in [0.4, 0.5) is 0 Å². The average molecular weight is 369 g/mol. The SMILES string of the molecule is O=C(NN=Cc1cccc(OCc2ccccc2)c1)c1c[nH]c2ccccc12. The van der Waals surface area contributed by atoms with E-state index in [4.69, 9.17) is 4.74 Å². The number of para-hydroxylation sites is 1. The number of nitrogens with one attached hydrogen (secondary N) is 2. The van der Waals surface area contributed by atoms with Crippen molar-refractivity contribution in [3.05, 3.63) is 102 Å². The number of amides is 1. The Bertz CT molecular complexity index is 1120. The number of aromatic nitrogens is 1. The lowest BCUT2D eigenvalue weighted by Crippen LogP contribution is -2.17. The van der Waals surface area contributed by atoms with E-state index in [1.165, 1.54) is 0 Å². The molecule has 4 aromatic rings. The number of carbonyl (C=O) groups excluding carboxylic acids is 1. The van der Waals surface area contributed by atoms with Crippen LogP contribution in [-0.4, -0.2) is 17.1 Å². The molecular formula is C23H19N3O2. The molecule has 0 aliphatic carbocycles. The number of benzene rings is 3. The summed E-state index contributed by atoms with van der Waals surface area (Å²) in [5, 5.41) is 4.94. The lowest BCUT2D eigenvalue weighted by molar-refractivity contribution is 0.0957. The molecule has 138 valence electrons. The van der Waals surface area contributed by atoms with Crippen LogP contribution in [0.2, 0.25) is 0 Å². The monoisotopic (exact) mass is 369 g/mol. The molecule has 1 heterocycles. The highest BCUT2D eigenvalue weighted by molar-refractivity contribution is 6.06. The van der Waals surface area contributed by atoms with Crippen molar-refractivity contribution < 1.29 is 9.53 Å². The number of hydrogen-bond acceptors (Lipinski definition) is 3. The number of fused-ring (bicyclic) bond motifs is 1. The minimum atomic E-state index is -0.259. The van der Waals surface area contributed by atoms with Crippen molar-refractivity contribution in [3.8, 4) is 5.75 Å². The summed E-state index contributed by atoms with van der Waals surface area (Å²) >= 11 is 0. The van der Waals surface area contributed by atoms with Crippen LogP contribution in [-0.2, 0) is 6.61 Å². The van der Waals surface area contributed by atoms with Gasteiger partial charge < -0.3 is 9.72 Å². The normalized spacial score (nSPS) is 11.0. The number of aromatic amines is 1. The van der Waals surface area contributed by atoms with Crippen molar-refractivity contribution in [2.45, 2.75) is 6.61 Å². The molecule has 0 fully saturated rings. The van der Waals surface area contributed by atoms with Crippen LogP contribution in [0, 0.1) is 0 Å². The zero-order valence-electron chi connectivity index (χ0n) is 15.1. The zero-order valence-corrected chi connectivity index (χ0v) is 15.1. The largest absolute Gasteiger partial charge is 0.489 e. The van der Waals surface area contributed by atoms with Gasteiger partial charge in [0.1, 0.15) is 12.4 Å². The summed E-state index contributed by atoms with van der Waals surface area (Å²) < 4.78 is 5.81. The van der Waals surface area contributed by atoms with Crippen molar-refractivity contribution in [1.82, 2.24) is 10.4 Å². The summed E-state index contributed by atoms with van der Waals surface area (Å²) in [6.07, 6.45) is 3.29. The molecule has 0 unspecified atom stereocenters. The molecule has 1 amide bonds. The molecule has 1 aromatic heterocycles. The second kappa shape index (κ2) is 8.22. The molecule has 0 aliphatic heterocycles. The molecule has 0 radical (unpaired) electrons. The van der Waals surface area contributed by atoms with E-state index in [2.05, 4.69) is 15.5 Å². The third-order valence-corrected chi connectivity index (χ3v) is 4.32. The van der Waals surface area contributed by atoms with E-state index >= 15 is 0 Å². The van der Waals surface area contributed by atoms with Gasteiger partial charge in [0, 0.05) is 17.1 Å². The fourth-order valence-corrected chi connectivity index (χ4v) is 2.91. The van der Waals surface area contributed by atoms with Gasteiger partial charge in [0.15, 0.2) is 0 Å². The van der Waals surface area contributed by atoms with Gasteiger partial charge >= 0.3 is 0 Å². The molecule has 28 heavy (non-hydrogen) atoms. The minimum Gasteiger partial charge on any atom is -0.489 e. The maximum absolute atomic E-state index is 12.4. The smallest absolute Gasteiger partial charge is 0.273 e. The van der Waals surface area contributed by atoms with Crippen LogP contribution < -0.4 is 10.2 Å². The van der Waals surface area contributed by atoms with Gasteiger partial charge in [0.25, 0.3) is 5.91 Å². The van der Waals surface area contributed by atoms with Gasteiger partial charge in [-0.1, -0.05) is 60.7 Å². The first-order chi connectivity index (χ1) is 13.8. The molecule has 0 aliphatic rings. The van der Waals surface area contributed by atoms with Gasteiger partial charge in [0.05, 0.1) is 11.8 Å². The summed E-state index contributed by atoms with van der Waals surface area (Å²) in [5.74, 6) is 0.487. The maximum atomic E-state index is 12.4. The van der Waals surface area contributed by atoms with Crippen molar-refractivity contribution in [2.75, 3.05) is 0 Å². The standard InChI is InChI=1S/C23H19N3O2/c27-23(21-15-24-22-12-5-4-11-20(21)22)26-25-14-18-9-6-10-19(13-18)28-16-17-7-2-1-3-8-17/h1-15,24H,16H2,(H,26,27). The van der Waals surface area contributed by atoms with Crippen molar-refractivity contribution in [3.63, 3.8) is 0 Å². The topological polar surface area (TPSA) is 66.5 Å². The first kappa shape index (κ1) is 17.5. The van der Waals surface area contributed by atoms with E-state index in [1.807, 2.05) is 78.9 Å². The molecule has 5 nitrogen and oxygen atoms in total. The average Bonchev–Trinajstić information content (AvgIpc) is 3.18. The molecule has 4 rings (SSSR count). The Labute approximate surface area is 162 Å². The number of hydrazone groups is 1. The molecule has 3 aromatic carbocycles. The van der Waals surface area contributed by atoms with Gasteiger partial charge in [-0.2, -0.15) is 5.10 Å². The first-order valence-electron chi connectivity index (χ1n) is 8.96. The van der Waals surface area contributed by atoms with Crippen LogP contribution in [0.3, 0.4) is 0 Å². The van der Waals surface area contributed by atoms with E-state index in [0.717, 1.165) is 27.8 Å². The molecule has 0 saturated heterocycles. The summed E-state index contributed by atoms with van der Waals surface area (Å²) in [6.45, 7) is 0.499. The second-order valence-electron chi connectivity index (χ2n) is 6.29. The van der Waals surface area contributed by atoms with E-state index < -0.39 is 0 Å². The molecule has 0 spiro atoms. The summed E-state index contributed by atoms with van der Waals surface area (Å²) in [4.78, 5) is 15.4. The van der Waals surface area contributed by atoms with E-state index in [-0.39, 0.29) is 5.91 Å². The van der Waals surface area contributed by atoms with Crippen molar-refractivity contribution in [1.29, 1.82) is 0 Å². The van der Waals surface area contributed by atoms with Crippen LogP contribution in [0.25, 0.3) is 10.9 Å². The first-order valence-corrected chi connectivity index (χ1v) is 8.96. The van der Waals surface area contributed by atoms with Gasteiger partial charge in [-0.15, -0.1) is 0 Å². The molecule has 0 atom stereocenters. The number of ether oxygens (including phenoxy) is 1. The van der Waals surface area contributed by atoms with Crippen LogP contribution >= 0.6 is 0 Å². The second-order valence-corrected chi connectivity index (χ2v) is 6.29.